The van der Waals surface area contributed by atoms with Crippen LogP contribution in [0, 0.1) is 0 Å². The highest BCUT2D eigenvalue weighted by molar-refractivity contribution is 6.30. The molecule has 0 saturated heterocycles. The number of halogens is 1. The van der Waals surface area contributed by atoms with Crippen LogP contribution < -0.4 is 5.32 Å². The molecule has 0 saturated carbocycles. The van der Waals surface area contributed by atoms with Gasteiger partial charge in [0.2, 0.25) is 0 Å². The second kappa shape index (κ2) is 8.39. The third-order valence-corrected chi connectivity index (χ3v) is 3.49. The Morgan fingerprint density at radius 2 is 1.91 bits per heavy atom. The van der Waals surface area contributed by atoms with Gasteiger partial charge in [-0.3, -0.25) is 0 Å². The molecule has 22 heavy (non-hydrogen) atoms. The van der Waals surface area contributed by atoms with E-state index in [1.54, 1.807) is 4.90 Å². The number of hydrogen-bond donors (Lipinski definition) is 1. The van der Waals surface area contributed by atoms with E-state index in [2.05, 4.69) is 12.2 Å². The average Bonchev–Trinajstić information content (AvgIpc) is 2.42. The van der Waals surface area contributed by atoms with E-state index in [0.717, 1.165) is 5.02 Å². The van der Waals surface area contributed by atoms with Crippen LogP contribution in [0.1, 0.15) is 46.2 Å². The molecule has 124 valence electrons. The number of nitrogens with one attached hydrogen (secondary N) is 1. The summed E-state index contributed by atoms with van der Waals surface area (Å²) in [7, 11) is 0. The lowest BCUT2D eigenvalue weighted by molar-refractivity contribution is 0.0261. The third kappa shape index (κ3) is 6.67. The molecule has 1 aromatic carbocycles. The molecule has 1 aromatic rings. The Labute approximate surface area is 138 Å². The maximum Gasteiger partial charge on any atom is 0.410 e. The van der Waals surface area contributed by atoms with Crippen LogP contribution in [-0.2, 0) is 4.74 Å². The number of nitrogens with zero attached hydrogens (tertiary/aromatic N) is 1. The van der Waals surface area contributed by atoms with Gasteiger partial charge in [-0.05, 0) is 52.3 Å². The van der Waals surface area contributed by atoms with Gasteiger partial charge in [-0.2, -0.15) is 0 Å². The van der Waals surface area contributed by atoms with Gasteiger partial charge in [0.1, 0.15) is 5.60 Å². The first-order valence-electron chi connectivity index (χ1n) is 7.69. The molecule has 0 aliphatic rings. The second-order valence-corrected chi connectivity index (χ2v) is 6.72. The van der Waals surface area contributed by atoms with Gasteiger partial charge < -0.3 is 15.0 Å². The van der Waals surface area contributed by atoms with Crippen LogP contribution in [0.2, 0.25) is 5.02 Å². The van der Waals surface area contributed by atoms with Crippen LogP contribution in [0.25, 0.3) is 0 Å². The molecule has 1 N–H and O–H groups in total. The lowest BCUT2D eigenvalue weighted by Crippen LogP contribution is -2.40. The van der Waals surface area contributed by atoms with Crippen molar-refractivity contribution in [1.29, 1.82) is 0 Å². The van der Waals surface area contributed by atoms with Crippen LogP contribution in [0.3, 0.4) is 0 Å². The number of hydrogen-bond acceptors (Lipinski definition) is 3. The highest BCUT2D eigenvalue weighted by atomic mass is 35.5. The summed E-state index contributed by atoms with van der Waals surface area (Å²) in [6.45, 7) is 11.6. The lowest BCUT2D eigenvalue weighted by Gasteiger charge is -2.27. The van der Waals surface area contributed by atoms with E-state index in [-0.39, 0.29) is 12.1 Å². The zero-order valence-corrected chi connectivity index (χ0v) is 14.9. The molecule has 0 aliphatic carbocycles. The van der Waals surface area contributed by atoms with Gasteiger partial charge in [-0.25, -0.2) is 4.79 Å². The minimum Gasteiger partial charge on any atom is -0.444 e. The minimum atomic E-state index is -0.464. The van der Waals surface area contributed by atoms with E-state index in [0.29, 0.717) is 19.6 Å². The van der Waals surface area contributed by atoms with Crippen molar-refractivity contribution in [1.82, 2.24) is 10.2 Å². The van der Waals surface area contributed by atoms with Crippen molar-refractivity contribution < 1.29 is 9.53 Å². The standard InChI is InChI=1S/C17H27ClN2O2/c1-6-20(16(21)22-17(3,4)5)12-11-19-13(2)14-7-9-15(18)10-8-14/h7-10,13,19H,6,11-12H2,1-5H3. The molecule has 0 heterocycles. The highest BCUT2D eigenvalue weighted by Crippen LogP contribution is 2.16. The molecule has 1 amide bonds. The topological polar surface area (TPSA) is 41.6 Å². The summed E-state index contributed by atoms with van der Waals surface area (Å²) in [5.41, 5.74) is 0.707. The normalized spacial score (nSPS) is 12.8. The lowest BCUT2D eigenvalue weighted by atomic mass is 10.1. The number of carbonyl (C=O) groups excluding carboxylic acids is 1. The highest BCUT2D eigenvalue weighted by Gasteiger charge is 2.20. The van der Waals surface area contributed by atoms with Crippen molar-refractivity contribution in [3.63, 3.8) is 0 Å². The zero-order valence-electron chi connectivity index (χ0n) is 14.1. The molecule has 0 fully saturated rings. The number of rotatable bonds is 6. The van der Waals surface area contributed by atoms with Gasteiger partial charge in [0.05, 0.1) is 0 Å². The maximum atomic E-state index is 12.0. The van der Waals surface area contributed by atoms with Gasteiger partial charge >= 0.3 is 6.09 Å². The summed E-state index contributed by atoms with van der Waals surface area (Å²) in [5.74, 6) is 0. The Hall–Kier alpha value is -1.26. The molecule has 0 aromatic heterocycles. The second-order valence-electron chi connectivity index (χ2n) is 6.29. The van der Waals surface area contributed by atoms with Crippen molar-refractivity contribution in [3.05, 3.63) is 34.9 Å². The van der Waals surface area contributed by atoms with Gasteiger partial charge in [0, 0.05) is 30.7 Å². The van der Waals surface area contributed by atoms with E-state index in [9.17, 15) is 4.79 Å². The van der Waals surface area contributed by atoms with Crippen molar-refractivity contribution in [2.75, 3.05) is 19.6 Å². The van der Waals surface area contributed by atoms with Crippen molar-refractivity contribution >= 4 is 17.7 Å². The average molecular weight is 327 g/mol. The summed E-state index contributed by atoms with van der Waals surface area (Å²) >= 11 is 5.89. The first-order chi connectivity index (χ1) is 10.2. The van der Waals surface area contributed by atoms with Gasteiger partial charge in [0.15, 0.2) is 0 Å². The molecule has 0 bridgehead atoms. The number of benzene rings is 1. The Balaban J connectivity index is 2.43. The largest absolute Gasteiger partial charge is 0.444 e. The molecule has 0 spiro atoms. The number of amides is 1. The Kier molecular flexibility index (Phi) is 7.17. The van der Waals surface area contributed by atoms with E-state index < -0.39 is 5.60 Å². The predicted molar refractivity (Wildman–Crippen MR) is 91.4 cm³/mol. The third-order valence-electron chi connectivity index (χ3n) is 3.24. The summed E-state index contributed by atoms with van der Waals surface area (Å²) in [6, 6.07) is 7.98. The minimum absolute atomic E-state index is 0.203. The van der Waals surface area contributed by atoms with E-state index in [1.807, 2.05) is 52.0 Å². The predicted octanol–water partition coefficient (Wildman–Crippen LogP) is 4.25. The maximum absolute atomic E-state index is 12.0. The Bertz CT molecular complexity index is 469. The monoisotopic (exact) mass is 326 g/mol. The van der Waals surface area contributed by atoms with Crippen LogP contribution in [0.5, 0.6) is 0 Å². The van der Waals surface area contributed by atoms with Crippen LogP contribution in [0.4, 0.5) is 4.79 Å². The molecular formula is C17H27ClN2O2. The first kappa shape index (κ1) is 18.8. The van der Waals surface area contributed by atoms with Crippen molar-refractivity contribution in [2.24, 2.45) is 0 Å². The molecule has 4 nitrogen and oxygen atoms in total. The van der Waals surface area contributed by atoms with Crippen LogP contribution >= 0.6 is 11.6 Å². The van der Waals surface area contributed by atoms with Gasteiger partial charge in [0.25, 0.3) is 0 Å². The summed E-state index contributed by atoms with van der Waals surface area (Å²) in [4.78, 5) is 13.7. The summed E-state index contributed by atoms with van der Waals surface area (Å²) in [6.07, 6.45) is -0.268. The fourth-order valence-corrected chi connectivity index (χ4v) is 2.12. The molecule has 0 aliphatic heterocycles. The Morgan fingerprint density at radius 1 is 1.32 bits per heavy atom. The zero-order chi connectivity index (χ0) is 16.8. The van der Waals surface area contributed by atoms with Gasteiger partial charge in [-0.15, -0.1) is 0 Å². The molecule has 1 rings (SSSR count). The Morgan fingerprint density at radius 3 is 2.41 bits per heavy atom. The van der Waals surface area contributed by atoms with Gasteiger partial charge in [-0.1, -0.05) is 23.7 Å². The van der Waals surface area contributed by atoms with Crippen molar-refractivity contribution in [2.45, 2.75) is 46.3 Å². The molecular weight excluding hydrogens is 300 g/mol. The summed E-state index contributed by atoms with van der Waals surface area (Å²) in [5, 5.41) is 4.14. The summed E-state index contributed by atoms with van der Waals surface area (Å²) < 4.78 is 5.39. The number of likely N-dealkylation sites (N-methyl/N-ethyl adjacent to an activating group) is 1. The van der Waals surface area contributed by atoms with Crippen LogP contribution in [0.15, 0.2) is 24.3 Å². The fourth-order valence-electron chi connectivity index (χ4n) is 1.99. The molecule has 0 radical (unpaired) electrons. The van der Waals surface area contributed by atoms with E-state index in [4.69, 9.17) is 16.3 Å². The van der Waals surface area contributed by atoms with Crippen molar-refractivity contribution in [3.8, 4) is 0 Å². The molecule has 1 atom stereocenters. The molecule has 1 unspecified atom stereocenters. The molecule has 5 heteroatoms. The number of carbonyl (C=O) groups is 1. The SMILES string of the molecule is CCN(CCNC(C)c1ccc(Cl)cc1)C(=O)OC(C)(C)C. The smallest absolute Gasteiger partial charge is 0.410 e. The van der Waals surface area contributed by atoms with E-state index >= 15 is 0 Å². The fraction of sp³-hybridized carbons (Fsp3) is 0.588. The first-order valence-corrected chi connectivity index (χ1v) is 8.07. The van der Waals surface area contributed by atoms with Crippen LogP contribution in [-0.4, -0.2) is 36.2 Å². The van der Waals surface area contributed by atoms with E-state index in [1.165, 1.54) is 5.56 Å². The quantitative estimate of drug-likeness (QED) is 0.849. The number of ether oxygens (including phenoxy) is 1.